The van der Waals surface area contributed by atoms with Crippen molar-refractivity contribution in [1.29, 1.82) is 0 Å². The highest BCUT2D eigenvalue weighted by Crippen LogP contribution is 2.47. The van der Waals surface area contributed by atoms with Crippen LogP contribution in [0, 0.1) is 0 Å². The fourth-order valence-corrected chi connectivity index (χ4v) is 3.54. The largest absolute Gasteiger partial charge is 0.434 e. The smallest absolute Gasteiger partial charge is 0.356 e. The number of aromatic nitrogens is 1. The number of hydrogen-bond acceptors (Lipinski definition) is 3. The van der Waals surface area contributed by atoms with Crippen LogP contribution in [-0.4, -0.2) is 24.5 Å². The zero-order valence-corrected chi connectivity index (χ0v) is 18.3. The van der Waals surface area contributed by atoms with Crippen molar-refractivity contribution >= 4 is 52.9 Å². The van der Waals surface area contributed by atoms with E-state index in [1.54, 1.807) is 7.05 Å². The van der Waals surface area contributed by atoms with Crippen LogP contribution in [0.25, 0.3) is 0 Å². The van der Waals surface area contributed by atoms with Gasteiger partial charge in [-0.05, 0) is 30.5 Å². The zero-order chi connectivity index (χ0) is 18.8. The standard InChI is InChI=1S/C17H18ClF3N4S.HI/c1-22-15(23-8-14-25-13(9-26-14)17(19,20)21)24-10-16(6-7-16)11-2-4-12(18)5-3-11;/h2-5,9H,6-8,10H2,1H3,(H2,22,23,24);1H. The summed E-state index contributed by atoms with van der Waals surface area (Å²) in [6.45, 7) is 0.883. The molecule has 1 aromatic carbocycles. The van der Waals surface area contributed by atoms with E-state index in [2.05, 4.69) is 20.6 Å². The number of alkyl halides is 3. The van der Waals surface area contributed by atoms with E-state index in [1.165, 1.54) is 5.56 Å². The van der Waals surface area contributed by atoms with Crippen molar-refractivity contribution in [3.8, 4) is 0 Å². The molecule has 27 heavy (non-hydrogen) atoms. The van der Waals surface area contributed by atoms with Gasteiger partial charge in [0.1, 0.15) is 5.01 Å². The monoisotopic (exact) mass is 530 g/mol. The number of benzene rings is 1. The molecule has 2 N–H and O–H groups in total. The van der Waals surface area contributed by atoms with Gasteiger partial charge in [-0.1, -0.05) is 23.7 Å². The van der Waals surface area contributed by atoms with Crippen molar-refractivity contribution in [2.75, 3.05) is 13.6 Å². The Morgan fingerprint density at radius 3 is 2.44 bits per heavy atom. The SMILES string of the molecule is CN=C(NCc1nc(C(F)(F)F)cs1)NCC1(c2ccc(Cl)cc2)CC1.I. The molecule has 3 rings (SSSR count). The van der Waals surface area contributed by atoms with Crippen LogP contribution in [0.15, 0.2) is 34.6 Å². The van der Waals surface area contributed by atoms with Gasteiger partial charge in [0.15, 0.2) is 11.7 Å². The summed E-state index contributed by atoms with van der Waals surface area (Å²) >= 11 is 6.92. The Kier molecular flexibility index (Phi) is 7.37. The Bertz CT molecular complexity index is 788. The van der Waals surface area contributed by atoms with Crippen molar-refractivity contribution in [3.63, 3.8) is 0 Å². The van der Waals surface area contributed by atoms with E-state index in [1.807, 2.05) is 24.3 Å². The van der Waals surface area contributed by atoms with Gasteiger partial charge in [0.2, 0.25) is 0 Å². The second-order valence-corrected chi connectivity index (χ2v) is 7.57. The molecule has 1 aliphatic rings. The third-order valence-electron chi connectivity index (χ3n) is 4.38. The van der Waals surface area contributed by atoms with E-state index in [4.69, 9.17) is 11.6 Å². The number of rotatable bonds is 5. The molecule has 4 nitrogen and oxygen atoms in total. The van der Waals surface area contributed by atoms with Gasteiger partial charge in [-0.25, -0.2) is 4.98 Å². The molecule has 0 unspecified atom stereocenters. The van der Waals surface area contributed by atoms with Gasteiger partial charge >= 0.3 is 6.18 Å². The van der Waals surface area contributed by atoms with Crippen LogP contribution >= 0.6 is 46.9 Å². The number of thiazole rings is 1. The lowest BCUT2D eigenvalue weighted by molar-refractivity contribution is -0.140. The second-order valence-electron chi connectivity index (χ2n) is 6.19. The number of guanidine groups is 1. The van der Waals surface area contributed by atoms with Crippen molar-refractivity contribution in [2.45, 2.75) is 31.0 Å². The maximum Gasteiger partial charge on any atom is 0.434 e. The Labute approximate surface area is 181 Å². The van der Waals surface area contributed by atoms with Crippen LogP contribution in [0.2, 0.25) is 5.02 Å². The predicted molar refractivity (Wildman–Crippen MR) is 113 cm³/mol. The van der Waals surface area contributed by atoms with Crippen LogP contribution < -0.4 is 10.6 Å². The Morgan fingerprint density at radius 2 is 1.93 bits per heavy atom. The predicted octanol–water partition coefficient (Wildman–Crippen LogP) is 4.83. The Morgan fingerprint density at radius 1 is 1.26 bits per heavy atom. The molecule has 1 aromatic heterocycles. The summed E-state index contributed by atoms with van der Waals surface area (Å²) in [4.78, 5) is 7.73. The lowest BCUT2D eigenvalue weighted by atomic mass is 9.96. The first-order valence-electron chi connectivity index (χ1n) is 8.05. The average molecular weight is 531 g/mol. The molecule has 148 valence electrons. The van der Waals surface area contributed by atoms with Crippen LogP contribution in [0.5, 0.6) is 0 Å². The molecular weight excluding hydrogens is 512 g/mol. The third-order valence-corrected chi connectivity index (χ3v) is 5.48. The first kappa shape index (κ1) is 22.2. The van der Waals surface area contributed by atoms with Crippen LogP contribution in [-0.2, 0) is 18.1 Å². The summed E-state index contributed by atoms with van der Waals surface area (Å²) in [5.41, 5.74) is 0.425. The molecular formula is C17H19ClF3IN4S. The number of hydrogen-bond donors (Lipinski definition) is 2. The molecule has 1 fully saturated rings. The van der Waals surface area contributed by atoms with Gasteiger partial charge in [-0.3, -0.25) is 4.99 Å². The quantitative estimate of drug-likeness (QED) is 0.331. The molecule has 0 amide bonds. The van der Waals surface area contributed by atoms with Gasteiger partial charge in [0, 0.05) is 29.4 Å². The van der Waals surface area contributed by atoms with E-state index >= 15 is 0 Å². The molecule has 0 saturated heterocycles. The van der Waals surface area contributed by atoms with Crippen LogP contribution in [0.3, 0.4) is 0 Å². The molecule has 1 aliphatic carbocycles. The minimum Gasteiger partial charge on any atom is -0.356 e. The van der Waals surface area contributed by atoms with E-state index in [-0.39, 0.29) is 35.9 Å². The van der Waals surface area contributed by atoms with Crippen molar-refractivity contribution in [2.24, 2.45) is 4.99 Å². The second kappa shape index (κ2) is 8.95. The summed E-state index contributed by atoms with van der Waals surface area (Å²) in [6, 6.07) is 7.82. The fourth-order valence-electron chi connectivity index (χ4n) is 2.68. The molecule has 0 atom stereocenters. The van der Waals surface area contributed by atoms with Crippen molar-refractivity contribution in [1.82, 2.24) is 15.6 Å². The Hall–Kier alpha value is -1.07. The first-order chi connectivity index (χ1) is 12.3. The zero-order valence-electron chi connectivity index (χ0n) is 14.4. The van der Waals surface area contributed by atoms with Gasteiger partial charge < -0.3 is 10.6 Å². The number of halogens is 5. The fraction of sp³-hybridized carbons (Fsp3) is 0.412. The number of aliphatic imine (C=N–C) groups is 1. The van der Waals surface area contributed by atoms with Gasteiger partial charge in [0.25, 0.3) is 0 Å². The highest BCUT2D eigenvalue weighted by molar-refractivity contribution is 14.0. The van der Waals surface area contributed by atoms with Gasteiger partial charge in [-0.15, -0.1) is 35.3 Å². The first-order valence-corrected chi connectivity index (χ1v) is 9.30. The molecule has 0 spiro atoms. The molecule has 0 aliphatic heterocycles. The Balaban J connectivity index is 0.00000261. The molecule has 1 heterocycles. The average Bonchev–Trinajstić information content (AvgIpc) is 3.22. The lowest BCUT2D eigenvalue weighted by Crippen LogP contribution is -2.40. The minimum absolute atomic E-state index is 0. The lowest BCUT2D eigenvalue weighted by Gasteiger charge is -2.19. The number of nitrogens with one attached hydrogen (secondary N) is 2. The van der Waals surface area contributed by atoms with E-state index in [9.17, 15) is 13.2 Å². The number of nitrogens with zero attached hydrogens (tertiary/aromatic N) is 2. The van der Waals surface area contributed by atoms with Gasteiger partial charge in [0.05, 0.1) is 6.54 Å². The van der Waals surface area contributed by atoms with E-state index < -0.39 is 11.9 Å². The van der Waals surface area contributed by atoms with Crippen molar-refractivity contribution in [3.05, 3.63) is 50.9 Å². The summed E-state index contributed by atoms with van der Waals surface area (Å²) in [7, 11) is 1.63. The highest BCUT2D eigenvalue weighted by Gasteiger charge is 2.44. The third kappa shape index (κ3) is 5.71. The summed E-state index contributed by atoms with van der Waals surface area (Å²) in [5, 5.41) is 8.35. The van der Waals surface area contributed by atoms with Crippen LogP contribution in [0.1, 0.15) is 29.1 Å². The van der Waals surface area contributed by atoms with E-state index in [0.29, 0.717) is 22.5 Å². The summed E-state index contributed by atoms with van der Waals surface area (Å²) in [5.74, 6) is 0.536. The normalized spacial score (nSPS) is 15.8. The highest BCUT2D eigenvalue weighted by atomic mass is 127. The molecule has 0 bridgehead atoms. The van der Waals surface area contributed by atoms with E-state index in [0.717, 1.165) is 29.6 Å². The molecule has 0 radical (unpaired) electrons. The summed E-state index contributed by atoms with van der Waals surface area (Å²) in [6.07, 6.45) is -2.27. The molecule has 2 aromatic rings. The van der Waals surface area contributed by atoms with Crippen molar-refractivity contribution < 1.29 is 13.2 Å². The molecule has 1 saturated carbocycles. The maximum atomic E-state index is 12.6. The topological polar surface area (TPSA) is 49.3 Å². The molecule has 10 heteroatoms. The minimum atomic E-state index is -4.41. The van der Waals surface area contributed by atoms with Gasteiger partial charge in [-0.2, -0.15) is 13.2 Å². The maximum absolute atomic E-state index is 12.6. The van der Waals surface area contributed by atoms with Crippen LogP contribution in [0.4, 0.5) is 13.2 Å². The summed E-state index contributed by atoms with van der Waals surface area (Å²) < 4.78 is 37.8.